The van der Waals surface area contributed by atoms with E-state index in [9.17, 15) is 9.59 Å². The molecule has 0 spiro atoms. The summed E-state index contributed by atoms with van der Waals surface area (Å²) in [4.78, 5) is 21.6. The molecule has 7 heteroatoms. The number of hydrogen-bond acceptors (Lipinski definition) is 5. The maximum Gasteiger partial charge on any atom is 0.513 e. The van der Waals surface area contributed by atoms with Crippen molar-refractivity contribution in [3.8, 4) is 0 Å². The molecule has 2 N–H and O–H groups in total. The van der Waals surface area contributed by atoms with Gasteiger partial charge in [-0.05, 0) is 20.8 Å². The van der Waals surface area contributed by atoms with E-state index in [1.807, 2.05) is 0 Å². The average molecular weight is 245 g/mol. The highest BCUT2D eigenvalue weighted by molar-refractivity contribution is 5.68. The molecule has 1 heterocycles. The molecule has 0 aliphatic carbocycles. The quantitative estimate of drug-likeness (QED) is 0.715. The van der Waals surface area contributed by atoms with Crippen molar-refractivity contribution in [2.24, 2.45) is 0 Å². The van der Waals surface area contributed by atoms with Crippen molar-refractivity contribution in [2.45, 2.75) is 32.4 Å². The number of amides is 1. The van der Waals surface area contributed by atoms with Crippen molar-refractivity contribution in [3.63, 3.8) is 0 Å². The van der Waals surface area contributed by atoms with Crippen LogP contribution in [-0.4, -0.2) is 35.6 Å². The van der Waals surface area contributed by atoms with Crippen LogP contribution in [-0.2, 0) is 14.2 Å². The summed E-state index contributed by atoms with van der Waals surface area (Å²) in [6, 6.07) is -0.459. The Kier molecular flexibility index (Phi) is 3.82. The lowest BCUT2D eigenvalue weighted by Crippen LogP contribution is -2.38. The van der Waals surface area contributed by atoms with Gasteiger partial charge in [0.05, 0.1) is 6.04 Å². The molecule has 0 aromatic rings. The van der Waals surface area contributed by atoms with Gasteiger partial charge in [0.15, 0.2) is 0 Å². The lowest BCUT2D eigenvalue weighted by atomic mass is 10.2. The van der Waals surface area contributed by atoms with Gasteiger partial charge in [-0.3, -0.25) is 0 Å². The van der Waals surface area contributed by atoms with Gasteiger partial charge in [-0.25, -0.2) is 9.59 Å². The van der Waals surface area contributed by atoms with E-state index in [1.54, 1.807) is 20.8 Å². The van der Waals surface area contributed by atoms with E-state index < -0.39 is 23.9 Å². The Bertz CT molecular complexity index is 343. The third-order valence-electron chi connectivity index (χ3n) is 1.63. The molecule has 0 aromatic carbocycles. The first-order valence-corrected chi connectivity index (χ1v) is 5.01. The average Bonchev–Trinajstić information content (AvgIpc) is 2.46. The smallest absolute Gasteiger partial charge is 0.463 e. The number of nitrogens with one attached hydrogen (secondary N) is 1. The summed E-state index contributed by atoms with van der Waals surface area (Å²) in [6.45, 7) is 5.34. The fourth-order valence-corrected chi connectivity index (χ4v) is 1.12. The molecule has 17 heavy (non-hydrogen) atoms. The predicted octanol–water partition coefficient (Wildman–Crippen LogP) is 1.45. The van der Waals surface area contributed by atoms with Crippen molar-refractivity contribution < 1.29 is 28.9 Å². The standard InChI is InChI=1S/C10H15NO6/c1-10(2,3)17-8(12)11-6-4-7(15-5-6)16-9(13)14/h4,6H,5H2,1-3H3,(H,11,12)(H,13,14). The minimum atomic E-state index is -1.46. The van der Waals surface area contributed by atoms with E-state index in [4.69, 9.17) is 14.6 Å². The van der Waals surface area contributed by atoms with Gasteiger partial charge < -0.3 is 24.6 Å². The molecule has 7 nitrogen and oxygen atoms in total. The Labute approximate surface area is 98.3 Å². The minimum absolute atomic E-state index is 0.113. The second kappa shape index (κ2) is 4.94. The Morgan fingerprint density at radius 3 is 2.71 bits per heavy atom. The second-order valence-corrected chi connectivity index (χ2v) is 4.42. The largest absolute Gasteiger partial charge is 0.513 e. The topological polar surface area (TPSA) is 94.1 Å². The zero-order valence-electron chi connectivity index (χ0n) is 9.85. The van der Waals surface area contributed by atoms with Gasteiger partial charge in [-0.2, -0.15) is 0 Å². The molecular formula is C10H15NO6. The number of carbonyl (C=O) groups is 2. The number of hydrogen-bond donors (Lipinski definition) is 2. The Morgan fingerprint density at radius 2 is 2.18 bits per heavy atom. The molecule has 0 saturated heterocycles. The van der Waals surface area contributed by atoms with Crippen LogP contribution in [0.15, 0.2) is 12.0 Å². The molecule has 0 saturated carbocycles. The molecule has 1 unspecified atom stereocenters. The molecular weight excluding hydrogens is 230 g/mol. The highest BCUT2D eigenvalue weighted by atomic mass is 16.7. The molecule has 1 aliphatic heterocycles. The summed E-state index contributed by atoms with van der Waals surface area (Å²) in [7, 11) is 0. The van der Waals surface area contributed by atoms with Gasteiger partial charge in [-0.1, -0.05) is 0 Å². The van der Waals surface area contributed by atoms with Gasteiger partial charge in [0.2, 0.25) is 0 Å². The summed E-state index contributed by atoms with van der Waals surface area (Å²) in [5.74, 6) is -0.140. The van der Waals surface area contributed by atoms with E-state index in [-0.39, 0.29) is 12.6 Å². The molecule has 1 atom stereocenters. The zero-order valence-corrected chi connectivity index (χ0v) is 9.85. The van der Waals surface area contributed by atoms with Crippen LogP contribution in [0, 0.1) is 0 Å². The Morgan fingerprint density at radius 1 is 1.53 bits per heavy atom. The Balaban J connectivity index is 2.41. The summed E-state index contributed by atoms with van der Waals surface area (Å²) in [5.41, 5.74) is -0.590. The molecule has 1 rings (SSSR count). The highest BCUT2D eigenvalue weighted by Gasteiger charge is 2.24. The van der Waals surface area contributed by atoms with Crippen LogP contribution < -0.4 is 5.32 Å². The van der Waals surface area contributed by atoms with Crippen LogP contribution >= 0.6 is 0 Å². The molecule has 96 valence electrons. The van der Waals surface area contributed by atoms with Crippen molar-refractivity contribution in [2.75, 3.05) is 6.61 Å². The van der Waals surface area contributed by atoms with Crippen molar-refractivity contribution >= 4 is 12.2 Å². The SMILES string of the molecule is CC(C)(C)OC(=O)NC1C=C(OC(=O)O)OC1. The lowest BCUT2D eigenvalue weighted by Gasteiger charge is -2.20. The van der Waals surface area contributed by atoms with E-state index >= 15 is 0 Å². The third-order valence-corrected chi connectivity index (χ3v) is 1.63. The van der Waals surface area contributed by atoms with Crippen LogP contribution in [0.4, 0.5) is 9.59 Å². The summed E-state index contributed by atoms with van der Waals surface area (Å²) >= 11 is 0. The number of carboxylic acid groups (broad SMARTS) is 1. The lowest BCUT2D eigenvalue weighted by molar-refractivity contribution is 0.0418. The normalized spacial score (nSPS) is 19.0. The molecule has 1 amide bonds. The van der Waals surface area contributed by atoms with Crippen LogP contribution in [0.25, 0.3) is 0 Å². The van der Waals surface area contributed by atoms with Crippen molar-refractivity contribution in [1.29, 1.82) is 0 Å². The van der Waals surface area contributed by atoms with Crippen LogP contribution in [0.1, 0.15) is 20.8 Å². The molecule has 1 aliphatic rings. The third kappa shape index (κ3) is 5.10. The van der Waals surface area contributed by atoms with E-state index in [1.165, 1.54) is 6.08 Å². The first-order valence-electron chi connectivity index (χ1n) is 5.01. The van der Waals surface area contributed by atoms with Crippen LogP contribution in [0.5, 0.6) is 0 Å². The minimum Gasteiger partial charge on any atom is -0.463 e. The van der Waals surface area contributed by atoms with Gasteiger partial charge in [0.1, 0.15) is 12.2 Å². The Hall–Kier alpha value is -1.92. The monoisotopic (exact) mass is 245 g/mol. The first-order chi connectivity index (χ1) is 7.76. The zero-order chi connectivity index (χ0) is 13.1. The summed E-state index contributed by atoms with van der Waals surface area (Å²) in [6.07, 6.45) is -0.703. The van der Waals surface area contributed by atoms with Crippen molar-refractivity contribution in [3.05, 3.63) is 12.0 Å². The van der Waals surface area contributed by atoms with Gasteiger partial charge >= 0.3 is 12.2 Å². The maximum absolute atomic E-state index is 11.4. The highest BCUT2D eigenvalue weighted by Crippen LogP contribution is 2.13. The number of alkyl carbamates (subject to hydrolysis) is 1. The fourth-order valence-electron chi connectivity index (χ4n) is 1.12. The number of carbonyl (C=O) groups excluding carboxylic acids is 1. The molecule has 0 aromatic heterocycles. The molecule has 0 fully saturated rings. The number of ether oxygens (including phenoxy) is 3. The van der Waals surface area contributed by atoms with Gasteiger partial charge in [-0.15, -0.1) is 0 Å². The first kappa shape index (κ1) is 13.1. The molecule has 0 bridgehead atoms. The van der Waals surface area contributed by atoms with E-state index in [2.05, 4.69) is 10.1 Å². The number of rotatable bonds is 2. The van der Waals surface area contributed by atoms with Crippen LogP contribution in [0.3, 0.4) is 0 Å². The predicted molar refractivity (Wildman–Crippen MR) is 56.3 cm³/mol. The summed E-state index contributed by atoms with van der Waals surface area (Å²) in [5, 5.41) is 10.8. The molecule has 0 radical (unpaired) electrons. The van der Waals surface area contributed by atoms with Gasteiger partial charge in [0.25, 0.3) is 5.95 Å². The van der Waals surface area contributed by atoms with Gasteiger partial charge in [0, 0.05) is 6.08 Å². The van der Waals surface area contributed by atoms with Crippen LogP contribution in [0.2, 0.25) is 0 Å². The summed E-state index contributed by atoms with van der Waals surface area (Å²) < 4.78 is 14.2. The van der Waals surface area contributed by atoms with E-state index in [0.717, 1.165) is 0 Å². The fraction of sp³-hybridized carbons (Fsp3) is 0.600. The van der Waals surface area contributed by atoms with Crippen molar-refractivity contribution in [1.82, 2.24) is 5.32 Å². The second-order valence-electron chi connectivity index (χ2n) is 4.42. The maximum atomic E-state index is 11.4. The van der Waals surface area contributed by atoms with E-state index in [0.29, 0.717) is 0 Å².